The van der Waals surface area contributed by atoms with Crippen LogP contribution >= 0.6 is 22.6 Å². The second kappa shape index (κ2) is 12.6. The average Bonchev–Trinajstić information content (AvgIpc) is 3.57. The zero-order chi connectivity index (χ0) is 30.0. The molecule has 1 heterocycles. The van der Waals surface area contributed by atoms with Crippen molar-refractivity contribution in [3.63, 3.8) is 0 Å². The van der Waals surface area contributed by atoms with Gasteiger partial charge in [-0.1, -0.05) is 36.4 Å². The summed E-state index contributed by atoms with van der Waals surface area (Å²) in [5.74, 6) is -1.99. The highest BCUT2D eigenvalue weighted by molar-refractivity contribution is 14.1. The molecule has 0 bridgehead atoms. The highest BCUT2D eigenvalue weighted by Crippen LogP contribution is 2.45. The molecule has 6 rings (SSSR count). The molecule has 1 aliphatic heterocycles. The van der Waals surface area contributed by atoms with E-state index in [0.29, 0.717) is 29.5 Å². The van der Waals surface area contributed by atoms with E-state index in [4.69, 9.17) is 19.3 Å². The Kier molecular flexibility index (Phi) is 8.62. The minimum absolute atomic E-state index is 0.151. The quantitative estimate of drug-likeness (QED) is 0.244. The Morgan fingerprint density at radius 3 is 2.37 bits per heavy atom. The number of halogens is 1. The van der Waals surface area contributed by atoms with Gasteiger partial charge in [0.1, 0.15) is 18.3 Å². The van der Waals surface area contributed by atoms with Crippen LogP contribution in [0.25, 0.3) is 0 Å². The van der Waals surface area contributed by atoms with Crippen LogP contribution in [0.15, 0.2) is 84.4 Å². The van der Waals surface area contributed by atoms with Crippen LogP contribution in [0.3, 0.4) is 0 Å². The van der Waals surface area contributed by atoms with E-state index < -0.39 is 30.1 Å². The van der Waals surface area contributed by atoms with E-state index in [0.717, 1.165) is 20.3 Å². The topological polar surface area (TPSA) is 123 Å². The van der Waals surface area contributed by atoms with E-state index in [-0.39, 0.29) is 37.9 Å². The first kappa shape index (κ1) is 29.5. The maximum atomic E-state index is 13.4. The predicted molar refractivity (Wildman–Crippen MR) is 165 cm³/mol. The van der Waals surface area contributed by atoms with Crippen molar-refractivity contribution >= 4 is 40.4 Å². The van der Waals surface area contributed by atoms with Gasteiger partial charge in [0.15, 0.2) is 5.79 Å². The van der Waals surface area contributed by atoms with Crippen molar-refractivity contribution in [2.75, 3.05) is 13.2 Å². The van der Waals surface area contributed by atoms with Crippen molar-refractivity contribution in [2.45, 2.75) is 49.9 Å². The molecule has 1 spiro atoms. The van der Waals surface area contributed by atoms with Crippen LogP contribution in [-0.4, -0.2) is 60.1 Å². The SMILES string of the molecule is O=C(NCc1cccc(C(=O)NCCO)c1)C1=C[C@H]2OC3(Cc4ccccc4C3)O[C@H]2[C@H](OC(=O)c2ccc(I)cc2)C1. The van der Waals surface area contributed by atoms with Crippen LogP contribution in [0, 0.1) is 3.57 Å². The maximum absolute atomic E-state index is 13.4. The van der Waals surface area contributed by atoms with Gasteiger partial charge in [0.2, 0.25) is 5.91 Å². The molecule has 222 valence electrons. The molecule has 43 heavy (non-hydrogen) atoms. The largest absolute Gasteiger partial charge is 0.456 e. The van der Waals surface area contributed by atoms with Crippen molar-refractivity contribution in [1.29, 1.82) is 0 Å². The number of fused-ring (bicyclic) bond motifs is 2. The number of amides is 2. The van der Waals surface area contributed by atoms with Crippen molar-refractivity contribution in [3.8, 4) is 0 Å². The van der Waals surface area contributed by atoms with Crippen LogP contribution in [-0.2, 0) is 38.4 Å². The summed E-state index contributed by atoms with van der Waals surface area (Å²) in [5, 5.41) is 14.5. The molecule has 3 N–H and O–H groups in total. The smallest absolute Gasteiger partial charge is 0.338 e. The molecule has 3 aliphatic rings. The molecular weight excluding hydrogens is 663 g/mol. The summed E-state index contributed by atoms with van der Waals surface area (Å²) >= 11 is 2.18. The minimum Gasteiger partial charge on any atom is -0.456 e. The monoisotopic (exact) mass is 694 g/mol. The number of rotatable bonds is 8. The Hall–Kier alpha value is -3.58. The summed E-state index contributed by atoms with van der Waals surface area (Å²) in [7, 11) is 0. The van der Waals surface area contributed by atoms with Crippen LogP contribution in [0.1, 0.15) is 43.8 Å². The third kappa shape index (κ3) is 6.52. The van der Waals surface area contributed by atoms with E-state index in [1.807, 2.05) is 30.3 Å². The maximum Gasteiger partial charge on any atom is 0.338 e. The van der Waals surface area contributed by atoms with E-state index in [9.17, 15) is 14.4 Å². The Bertz CT molecular complexity index is 1550. The lowest BCUT2D eigenvalue weighted by atomic mass is 9.91. The molecule has 9 nitrogen and oxygen atoms in total. The fourth-order valence-electron chi connectivity index (χ4n) is 5.84. The molecule has 0 unspecified atom stereocenters. The molecule has 0 aromatic heterocycles. The van der Waals surface area contributed by atoms with Crippen molar-refractivity contribution in [2.24, 2.45) is 0 Å². The molecule has 2 amide bonds. The highest BCUT2D eigenvalue weighted by Gasteiger charge is 2.55. The van der Waals surface area contributed by atoms with E-state index in [2.05, 4.69) is 45.4 Å². The Morgan fingerprint density at radius 2 is 1.65 bits per heavy atom. The Labute approximate surface area is 262 Å². The molecule has 3 aromatic carbocycles. The van der Waals surface area contributed by atoms with Gasteiger partial charge in [0.25, 0.3) is 5.91 Å². The third-order valence-corrected chi connectivity index (χ3v) is 8.61. The van der Waals surface area contributed by atoms with E-state index in [1.165, 1.54) is 0 Å². The molecule has 0 saturated carbocycles. The van der Waals surface area contributed by atoms with Gasteiger partial charge in [-0.15, -0.1) is 0 Å². The van der Waals surface area contributed by atoms with Gasteiger partial charge in [0.05, 0.1) is 12.2 Å². The van der Waals surface area contributed by atoms with E-state index >= 15 is 0 Å². The number of ether oxygens (including phenoxy) is 3. The number of carbonyl (C=O) groups is 3. The molecule has 3 aromatic rings. The number of benzene rings is 3. The lowest BCUT2D eigenvalue weighted by molar-refractivity contribution is -0.172. The van der Waals surface area contributed by atoms with Gasteiger partial charge in [0, 0.05) is 47.1 Å². The zero-order valence-electron chi connectivity index (χ0n) is 23.3. The van der Waals surface area contributed by atoms with Gasteiger partial charge in [-0.3, -0.25) is 9.59 Å². The van der Waals surface area contributed by atoms with Crippen molar-refractivity contribution < 1.29 is 33.7 Å². The number of hydrogen-bond acceptors (Lipinski definition) is 7. The number of aliphatic hydroxyl groups excluding tert-OH is 1. The summed E-state index contributed by atoms with van der Waals surface area (Å²) in [5.41, 5.74) is 4.34. The first-order valence-electron chi connectivity index (χ1n) is 14.2. The second-order valence-corrected chi connectivity index (χ2v) is 12.2. The molecule has 3 atom stereocenters. The lowest BCUT2D eigenvalue weighted by Crippen LogP contribution is -2.43. The Morgan fingerprint density at radius 1 is 0.907 bits per heavy atom. The van der Waals surface area contributed by atoms with Crippen molar-refractivity contribution in [3.05, 3.63) is 116 Å². The lowest BCUT2D eigenvalue weighted by Gasteiger charge is -2.30. The number of carbonyl (C=O) groups excluding carboxylic acids is 3. The van der Waals surface area contributed by atoms with Gasteiger partial charge < -0.3 is 30.0 Å². The fraction of sp³-hybridized carbons (Fsp3) is 0.303. The molecular formula is C33H31IN2O7. The molecule has 0 radical (unpaired) electrons. The number of hydrogen-bond donors (Lipinski definition) is 3. The first-order valence-corrected chi connectivity index (χ1v) is 15.3. The zero-order valence-corrected chi connectivity index (χ0v) is 25.4. The summed E-state index contributed by atoms with van der Waals surface area (Å²) in [6.07, 6.45) is 1.23. The molecule has 1 saturated heterocycles. The van der Waals surface area contributed by atoms with E-state index in [1.54, 1.807) is 36.4 Å². The normalized spacial score (nSPS) is 21.4. The first-order chi connectivity index (χ1) is 20.8. The minimum atomic E-state index is -0.883. The Balaban J connectivity index is 1.19. The van der Waals surface area contributed by atoms with Crippen LogP contribution in [0.2, 0.25) is 0 Å². The summed E-state index contributed by atoms with van der Waals surface area (Å²) in [6, 6.07) is 22.1. The van der Waals surface area contributed by atoms with Gasteiger partial charge >= 0.3 is 5.97 Å². The molecule has 2 aliphatic carbocycles. The van der Waals surface area contributed by atoms with Crippen LogP contribution in [0.4, 0.5) is 0 Å². The number of aliphatic hydroxyl groups is 1. The van der Waals surface area contributed by atoms with Gasteiger partial charge in [-0.25, -0.2) is 4.79 Å². The summed E-state index contributed by atoms with van der Waals surface area (Å²) in [4.78, 5) is 38.9. The fourth-order valence-corrected chi connectivity index (χ4v) is 6.20. The number of esters is 1. The molecule has 10 heteroatoms. The standard InChI is InChI=1S/C33H31IN2O7/c34-26-10-8-21(9-11-26)32(40)41-27-15-25(31(39)36-19-20-4-3-7-22(14-20)30(38)35-12-13-37)16-28-29(27)43-33(42-28)17-23-5-1-2-6-24(23)18-33/h1-11,14,16,27-29,37H,12-13,15,17-19H2,(H,35,38)(H,36,39)/t27-,28-,29+/m1/s1. The highest BCUT2D eigenvalue weighted by atomic mass is 127. The summed E-state index contributed by atoms with van der Waals surface area (Å²) in [6.45, 7) is 0.196. The van der Waals surface area contributed by atoms with Gasteiger partial charge in [-0.05, 0) is 81.8 Å². The van der Waals surface area contributed by atoms with Crippen LogP contribution in [0.5, 0.6) is 0 Å². The number of nitrogens with one attached hydrogen (secondary N) is 2. The third-order valence-electron chi connectivity index (χ3n) is 7.89. The second-order valence-electron chi connectivity index (χ2n) is 10.9. The average molecular weight is 695 g/mol. The van der Waals surface area contributed by atoms with Gasteiger partial charge in [-0.2, -0.15) is 0 Å². The van der Waals surface area contributed by atoms with Crippen molar-refractivity contribution in [1.82, 2.24) is 10.6 Å². The molecule has 1 fully saturated rings. The van der Waals surface area contributed by atoms with Crippen LogP contribution < -0.4 is 10.6 Å². The predicted octanol–water partition coefficient (Wildman–Crippen LogP) is 3.46. The summed E-state index contributed by atoms with van der Waals surface area (Å²) < 4.78 is 20.1.